The van der Waals surface area contributed by atoms with E-state index in [-0.39, 0.29) is 12.1 Å². The number of carbonyl (C=O) groups excluding carboxylic acids is 1. The standard InChI is InChI=1S/C29H35N3O3/c1-5-31(19-23-10-9-13-26(18-23)35-25-11-7-6-8-12-25)24-15-17-32(20-24)28-27(22(4)14-16-30-28)29(33)34-21(2)3/h6-14,16,18,21,24H,5,15,17,19-20H2,1-4H3/t24-/m1/s1. The Labute approximate surface area is 208 Å². The van der Waals surface area contributed by atoms with Gasteiger partial charge in [0.05, 0.1) is 6.10 Å². The predicted octanol–water partition coefficient (Wildman–Crippen LogP) is 5.85. The minimum Gasteiger partial charge on any atom is -0.459 e. The predicted molar refractivity (Wildman–Crippen MR) is 139 cm³/mol. The van der Waals surface area contributed by atoms with Gasteiger partial charge >= 0.3 is 5.97 Å². The van der Waals surface area contributed by atoms with E-state index in [1.54, 1.807) is 6.20 Å². The average Bonchev–Trinajstić information content (AvgIpc) is 3.33. The molecule has 1 fully saturated rings. The molecule has 6 nitrogen and oxygen atoms in total. The molecule has 1 atom stereocenters. The number of benzene rings is 2. The van der Waals surface area contributed by atoms with Gasteiger partial charge in [0.15, 0.2) is 0 Å². The lowest BCUT2D eigenvalue weighted by atomic mass is 10.1. The van der Waals surface area contributed by atoms with Gasteiger partial charge in [-0.1, -0.05) is 37.3 Å². The average molecular weight is 474 g/mol. The van der Waals surface area contributed by atoms with E-state index in [1.165, 1.54) is 5.56 Å². The highest BCUT2D eigenvalue weighted by molar-refractivity contribution is 5.96. The lowest BCUT2D eigenvalue weighted by Crippen LogP contribution is -2.37. The number of aromatic nitrogens is 1. The van der Waals surface area contributed by atoms with Crippen molar-refractivity contribution in [2.24, 2.45) is 0 Å². The van der Waals surface area contributed by atoms with Crippen molar-refractivity contribution in [3.8, 4) is 11.5 Å². The summed E-state index contributed by atoms with van der Waals surface area (Å²) in [5, 5.41) is 0. The second-order valence-corrected chi connectivity index (χ2v) is 9.29. The van der Waals surface area contributed by atoms with Crippen LogP contribution < -0.4 is 9.64 Å². The highest BCUT2D eigenvalue weighted by Gasteiger charge is 2.31. The summed E-state index contributed by atoms with van der Waals surface area (Å²) in [6.45, 7) is 11.3. The number of anilines is 1. The van der Waals surface area contributed by atoms with Crippen LogP contribution in [0.25, 0.3) is 0 Å². The molecule has 4 rings (SSSR count). The van der Waals surface area contributed by atoms with E-state index in [2.05, 4.69) is 33.8 Å². The first-order valence-corrected chi connectivity index (χ1v) is 12.4. The normalized spacial score (nSPS) is 15.6. The van der Waals surface area contributed by atoms with Crippen LogP contribution in [0.1, 0.15) is 48.7 Å². The second kappa shape index (κ2) is 11.4. The summed E-state index contributed by atoms with van der Waals surface area (Å²) < 4.78 is 11.5. The van der Waals surface area contributed by atoms with Crippen LogP contribution in [0.15, 0.2) is 66.9 Å². The smallest absolute Gasteiger partial charge is 0.342 e. The highest BCUT2D eigenvalue weighted by atomic mass is 16.5. The van der Waals surface area contributed by atoms with Crippen molar-refractivity contribution in [1.29, 1.82) is 0 Å². The van der Waals surface area contributed by atoms with Crippen LogP contribution in [0, 0.1) is 6.92 Å². The van der Waals surface area contributed by atoms with E-state index in [0.29, 0.717) is 11.6 Å². The van der Waals surface area contributed by atoms with Gasteiger partial charge in [0.25, 0.3) is 0 Å². The molecule has 1 aliphatic rings. The van der Waals surface area contributed by atoms with Gasteiger partial charge in [0, 0.05) is 31.9 Å². The number of likely N-dealkylation sites (N-methyl/N-ethyl adjacent to an activating group) is 1. The van der Waals surface area contributed by atoms with E-state index in [0.717, 1.165) is 55.5 Å². The first-order chi connectivity index (χ1) is 16.9. The van der Waals surface area contributed by atoms with Gasteiger partial charge in [0.2, 0.25) is 0 Å². The SMILES string of the molecule is CCN(Cc1cccc(Oc2ccccc2)c1)[C@@H]1CCN(c2nccc(C)c2C(=O)OC(C)C)C1. The number of nitrogens with zero attached hydrogens (tertiary/aromatic N) is 3. The molecule has 0 amide bonds. The van der Waals surface area contributed by atoms with Crippen molar-refractivity contribution in [1.82, 2.24) is 9.88 Å². The van der Waals surface area contributed by atoms with Crippen molar-refractivity contribution < 1.29 is 14.3 Å². The Balaban J connectivity index is 1.45. The Bertz CT molecular complexity index is 1130. The zero-order chi connectivity index (χ0) is 24.8. The number of aryl methyl sites for hydroxylation is 1. The molecule has 184 valence electrons. The summed E-state index contributed by atoms with van der Waals surface area (Å²) >= 11 is 0. The minimum atomic E-state index is -0.299. The Kier molecular flexibility index (Phi) is 8.03. The number of carbonyl (C=O) groups is 1. The molecule has 0 spiro atoms. The summed E-state index contributed by atoms with van der Waals surface area (Å²) in [5.41, 5.74) is 2.69. The van der Waals surface area contributed by atoms with Crippen LogP contribution in [-0.4, -0.2) is 47.6 Å². The molecule has 1 saturated heterocycles. The highest BCUT2D eigenvalue weighted by Crippen LogP contribution is 2.29. The summed E-state index contributed by atoms with van der Waals surface area (Å²) in [6, 6.07) is 20.4. The first kappa shape index (κ1) is 24.7. The monoisotopic (exact) mass is 473 g/mol. The van der Waals surface area contributed by atoms with E-state index >= 15 is 0 Å². The molecule has 3 aromatic rings. The van der Waals surface area contributed by atoms with E-state index in [4.69, 9.17) is 9.47 Å². The number of rotatable bonds is 9. The van der Waals surface area contributed by atoms with Gasteiger partial charge in [-0.3, -0.25) is 4.90 Å². The fraction of sp³-hybridized carbons (Fsp3) is 0.379. The van der Waals surface area contributed by atoms with Crippen molar-refractivity contribution in [2.45, 2.75) is 52.8 Å². The van der Waals surface area contributed by atoms with Gasteiger partial charge in [-0.15, -0.1) is 0 Å². The number of hydrogen-bond acceptors (Lipinski definition) is 6. The zero-order valence-electron chi connectivity index (χ0n) is 21.1. The van der Waals surface area contributed by atoms with Crippen LogP contribution in [0.2, 0.25) is 0 Å². The molecule has 1 aromatic heterocycles. The lowest BCUT2D eigenvalue weighted by Gasteiger charge is -2.28. The quantitative estimate of drug-likeness (QED) is 0.364. The van der Waals surface area contributed by atoms with Gasteiger partial charge < -0.3 is 14.4 Å². The van der Waals surface area contributed by atoms with Gasteiger partial charge in [0.1, 0.15) is 22.9 Å². The molecule has 0 radical (unpaired) electrons. The van der Waals surface area contributed by atoms with Crippen LogP contribution in [0.4, 0.5) is 5.82 Å². The third-order valence-electron chi connectivity index (χ3n) is 6.33. The van der Waals surface area contributed by atoms with Crippen LogP contribution in [0.5, 0.6) is 11.5 Å². The molecular weight excluding hydrogens is 438 g/mol. The van der Waals surface area contributed by atoms with Gasteiger partial charge in [-0.2, -0.15) is 0 Å². The molecule has 0 saturated carbocycles. The molecular formula is C29H35N3O3. The molecule has 0 unspecified atom stereocenters. The first-order valence-electron chi connectivity index (χ1n) is 12.4. The summed E-state index contributed by atoms with van der Waals surface area (Å²) in [7, 11) is 0. The second-order valence-electron chi connectivity index (χ2n) is 9.29. The number of ether oxygens (including phenoxy) is 2. The maximum absolute atomic E-state index is 12.8. The molecule has 2 aromatic carbocycles. The molecule has 0 N–H and O–H groups in total. The molecule has 35 heavy (non-hydrogen) atoms. The topological polar surface area (TPSA) is 54.9 Å². The fourth-order valence-electron chi connectivity index (χ4n) is 4.61. The lowest BCUT2D eigenvalue weighted by molar-refractivity contribution is 0.0377. The summed E-state index contributed by atoms with van der Waals surface area (Å²) in [5.74, 6) is 2.11. The third kappa shape index (κ3) is 6.20. The molecule has 2 heterocycles. The van der Waals surface area contributed by atoms with Crippen LogP contribution >= 0.6 is 0 Å². The van der Waals surface area contributed by atoms with Crippen molar-refractivity contribution in [3.63, 3.8) is 0 Å². The largest absolute Gasteiger partial charge is 0.459 e. The zero-order valence-corrected chi connectivity index (χ0v) is 21.1. The maximum Gasteiger partial charge on any atom is 0.342 e. The van der Waals surface area contributed by atoms with Gasteiger partial charge in [-0.25, -0.2) is 9.78 Å². The van der Waals surface area contributed by atoms with E-state index in [9.17, 15) is 4.79 Å². The Morgan fingerprint density at radius 3 is 2.63 bits per heavy atom. The molecule has 0 aliphatic carbocycles. The Morgan fingerprint density at radius 1 is 1.11 bits per heavy atom. The number of hydrogen-bond donors (Lipinski definition) is 0. The van der Waals surface area contributed by atoms with Crippen molar-refractivity contribution >= 4 is 11.8 Å². The third-order valence-corrected chi connectivity index (χ3v) is 6.33. The number of para-hydroxylation sites is 1. The molecule has 6 heteroatoms. The van der Waals surface area contributed by atoms with Crippen molar-refractivity contribution in [2.75, 3.05) is 24.5 Å². The van der Waals surface area contributed by atoms with E-state index < -0.39 is 0 Å². The Hall–Kier alpha value is -3.38. The minimum absolute atomic E-state index is 0.168. The molecule has 1 aliphatic heterocycles. The molecule has 0 bridgehead atoms. The maximum atomic E-state index is 12.8. The number of pyridine rings is 1. The fourth-order valence-corrected chi connectivity index (χ4v) is 4.61. The van der Waals surface area contributed by atoms with Crippen molar-refractivity contribution in [3.05, 3.63) is 83.6 Å². The van der Waals surface area contributed by atoms with Crippen LogP contribution in [-0.2, 0) is 11.3 Å². The van der Waals surface area contributed by atoms with E-state index in [1.807, 2.05) is 69.3 Å². The van der Waals surface area contributed by atoms with Crippen LogP contribution in [0.3, 0.4) is 0 Å². The number of esters is 1. The Morgan fingerprint density at radius 2 is 1.89 bits per heavy atom. The van der Waals surface area contributed by atoms with Gasteiger partial charge in [-0.05, 0) is 75.2 Å². The summed E-state index contributed by atoms with van der Waals surface area (Å²) in [4.78, 5) is 22.1. The summed E-state index contributed by atoms with van der Waals surface area (Å²) in [6.07, 6.45) is 2.63.